The van der Waals surface area contributed by atoms with Crippen LogP contribution >= 0.6 is 0 Å². The molecule has 8 nitrogen and oxygen atoms in total. The Morgan fingerprint density at radius 2 is 0.529 bits per heavy atom. The van der Waals surface area contributed by atoms with Crippen LogP contribution < -0.4 is 0 Å². The fourth-order valence-electron chi connectivity index (χ4n) is 0. The molecular weight excluding hydrogens is 397 g/mol. The molecule has 110 valence electrons. The van der Waals surface area contributed by atoms with Crippen molar-refractivity contribution in [2.45, 2.75) is 27.7 Å². The first-order valence-electron chi connectivity index (χ1n) is 3.71. The summed E-state index contributed by atoms with van der Waals surface area (Å²) in [5.41, 5.74) is 0. The first-order valence-corrected chi connectivity index (χ1v) is 3.71. The number of carboxylic acid groups (broad SMARTS) is 4. The van der Waals surface area contributed by atoms with E-state index < -0.39 is 23.9 Å². The number of carboxylic acids is 4. The van der Waals surface area contributed by atoms with Crippen LogP contribution in [0.2, 0.25) is 0 Å². The number of rotatable bonds is 0. The van der Waals surface area contributed by atoms with Crippen molar-refractivity contribution in [1.82, 2.24) is 0 Å². The van der Waals surface area contributed by atoms with Crippen LogP contribution in [-0.2, 0) is 19.2 Å². The molecule has 9 heteroatoms. The maximum absolute atomic E-state index is 9.00. The average molecular weight is 413 g/mol. The molecule has 0 bridgehead atoms. The second-order valence-electron chi connectivity index (χ2n) is 2.08. The Hall–Kier alpha value is -0.601. The molecule has 0 aliphatic carbocycles. The molecule has 17 heavy (non-hydrogen) atoms. The summed E-state index contributed by atoms with van der Waals surface area (Å²) in [6.45, 7) is 4.33. The predicted octanol–water partition coefficient (Wildman–Crippen LogP) is 0.364. The summed E-state index contributed by atoms with van der Waals surface area (Å²) < 4.78 is 0. The van der Waals surface area contributed by atoms with Gasteiger partial charge in [-0.2, -0.15) is 0 Å². The Morgan fingerprint density at radius 1 is 0.529 bits per heavy atom. The second kappa shape index (κ2) is 24.6. The summed E-state index contributed by atoms with van der Waals surface area (Å²) in [6, 6.07) is 0. The number of hydrogen-bond donors (Lipinski definition) is 4. The van der Waals surface area contributed by atoms with Gasteiger partial charge in [0.15, 0.2) is 0 Å². The molecule has 0 aromatic rings. The van der Waals surface area contributed by atoms with Crippen molar-refractivity contribution in [3.63, 3.8) is 0 Å². The fourth-order valence-corrected chi connectivity index (χ4v) is 0. The van der Waals surface area contributed by atoms with E-state index in [9.17, 15) is 0 Å². The molecule has 0 heterocycles. The first kappa shape index (κ1) is 29.9. The Kier molecular flexibility index (Phi) is 43.3. The Bertz CT molecular complexity index is 162. The van der Waals surface area contributed by atoms with Crippen molar-refractivity contribution in [1.29, 1.82) is 0 Å². The van der Waals surface area contributed by atoms with Crippen molar-refractivity contribution in [2.24, 2.45) is 0 Å². The van der Waals surface area contributed by atoms with Crippen LogP contribution in [-0.4, -0.2) is 44.3 Å². The van der Waals surface area contributed by atoms with E-state index in [4.69, 9.17) is 39.6 Å². The number of hydrogen-bond acceptors (Lipinski definition) is 4. The van der Waals surface area contributed by atoms with E-state index in [1.54, 1.807) is 0 Å². The van der Waals surface area contributed by atoms with Gasteiger partial charge in [-0.25, -0.2) is 0 Å². The molecule has 0 aromatic heterocycles. The molecule has 0 saturated carbocycles. The summed E-state index contributed by atoms with van der Waals surface area (Å²) in [5.74, 6) is -3.33. The molecule has 0 aromatic carbocycles. The minimum Gasteiger partial charge on any atom is -0.481 e. The summed E-state index contributed by atoms with van der Waals surface area (Å²) in [5, 5.41) is 29.7. The molecule has 0 fully saturated rings. The third kappa shape index (κ3) is 7670. The van der Waals surface area contributed by atoms with Gasteiger partial charge >= 0.3 is 0 Å². The van der Waals surface area contributed by atoms with Crippen LogP contribution in [0.5, 0.6) is 0 Å². The SMILES string of the molecule is CC(=O)O.CC(=O)O.CC(=O)O.CC(=O)O.[Yb]. The second-order valence-corrected chi connectivity index (χ2v) is 2.08. The van der Waals surface area contributed by atoms with Gasteiger partial charge in [-0.15, -0.1) is 0 Å². The van der Waals surface area contributed by atoms with E-state index in [1.165, 1.54) is 0 Å². The van der Waals surface area contributed by atoms with Gasteiger partial charge in [0.25, 0.3) is 23.9 Å². The maximum atomic E-state index is 9.00. The van der Waals surface area contributed by atoms with Crippen LogP contribution in [0.3, 0.4) is 0 Å². The quantitative estimate of drug-likeness (QED) is 0.445. The Labute approximate surface area is 137 Å². The summed E-state index contributed by atoms with van der Waals surface area (Å²) in [6.07, 6.45) is 0. The summed E-state index contributed by atoms with van der Waals surface area (Å²) >= 11 is 0. The van der Waals surface area contributed by atoms with Crippen LogP contribution in [0.15, 0.2) is 0 Å². The van der Waals surface area contributed by atoms with Gasteiger partial charge in [-0.3, -0.25) is 19.2 Å². The van der Waals surface area contributed by atoms with E-state index in [2.05, 4.69) is 0 Å². The van der Waals surface area contributed by atoms with Crippen LogP contribution in [0, 0.1) is 46.9 Å². The zero-order valence-corrected chi connectivity index (χ0v) is 11.4. The van der Waals surface area contributed by atoms with Crippen LogP contribution in [0.1, 0.15) is 27.7 Å². The van der Waals surface area contributed by atoms with Gasteiger partial charge in [0, 0.05) is 74.6 Å². The van der Waals surface area contributed by atoms with Gasteiger partial charge in [0.05, 0.1) is 0 Å². The van der Waals surface area contributed by atoms with Gasteiger partial charge in [-0.05, 0) is 0 Å². The van der Waals surface area contributed by atoms with E-state index in [0.717, 1.165) is 27.7 Å². The standard InChI is InChI=1S/4C2H4O2.Yb/c4*1-2(3)4;/h4*1H3,(H,3,4);. The predicted molar refractivity (Wildman–Crippen MR) is 53.2 cm³/mol. The molecular formula is C8H16O8Yb. The number of carbonyl (C=O) groups is 4. The Morgan fingerprint density at radius 3 is 0.529 bits per heavy atom. The van der Waals surface area contributed by atoms with Crippen molar-refractivity contribution in [3.8, 4) is 0 Å². The van der Waals surface area contributed by atoms with Crippen molar-refractivity contribution < 1.29 is 86.5 Å². The zero-order valence-electron chi connectivity index (χ0n) is 9.69. The molecule has 0 saturated heterocycles. The average Bonchev–Trinajstić information content (AvgIpc) is 1.76. The summed E-state index contributed by atoms with van der Waals surface area (Å²) in [7, 11) is 0. The van der Waals surface area contributed by atoms with Crippen molar-refractivity contribution in [2.75, 3.05) is 0 Å². The third-order valence-electron chi connectivity index (χ3n) is 0. The van der Waals surface area contributed by atoms with E-state index >= 15 is 0 Å². The van der Waals surface area contributed by atoms with Crippen LogP contribution in [0.4, 0.5) is 0 Å². The molecule has 0 unspecified atom stereocenters. The first-order chi connectivity index (χ1) is 6.93. The topological polar surface area (TPSA) is 149 Å². The molecule has 0 radical (unpaired) electrons. The van der Waals surface area contributed by atoms with Crippen molar-refractivity contribution in [3.05, 3.63) is 0 Å². The van der Waals surface area contributed by atoms with E-state index in [0.29, 0.717) is 0 Å². The minimum absolute atomic E-state index is 0. The minimum atomic E-state index is -0.833. The zero-order chi connectivity index (χ0) is 14.3. The normalized spacial score (nSPS) is 5.88. The van der Waals surface area contributed by atoms with Gasteiger partial charge in [0.2, 0.25) is 0 Å². The van der Waals surface area contributed by atoms with E-state index in [-0.39, 0.29) is 46.9 Å². The molecule has 4 N–H and O–H groups in total. The van der Waals surface area contributed by atoms with Gasteiger partial charge < -0.3 is 20.4 Å². The van der Waals surface area contributed by atoms with Gasteiger partial charge in [-0.1, -0.05) is 0 Å². The Balaban J connectivity index is -0.0000000369. The molecule has 0 atom stereocenters. The fraction of sp³-hybridized carbons (Fsp3) is 0.500. The van der Waals surface area contributed by atoms with Crippen LogP contribution in [0.25, 0.3) is 0 Å². The van der Waals surface area contributed by atoms with Crippen molar-refractivity contribution >= 4 is 23.9 Å². The molecule has 0 spiro atoms. The molecule has 0 rings (SSSR count). The monoisotopic (exact) mass is 414 g/mol. The molecule has 0 aliphatic heterocycles. The largest absolute Gasteiger partial charge is 0.481 e. The maximum Gasteiger partial charge on any atom is 0.300 e. The van der Waals surface area contributed by atoms with Gasteiger partial charge in [0.1, 0.15) is 0 Å². The smallest absolute Gasteiger partial charge is 0.300 e. The summed E-state index contributed by atoms with van der Waals surface area (Å²) in [4.78, 5) is 36.0. The van der Waals surface area contributed by atoms with E-state index in [1.807, 2.05) is 0 Å². The third-order valence-corrected chi connectivity index (χ3v) is 0. The number of aliphatic carboxylic acids is 4. The molecule has 0 aliphatic rings. The molecule has 0 amide bonds.